The molecule has 0 bridgehead atoms. The zero-order valence-corrected chi connectivity index (χ0v) is 8.58. The van der Waals surface area contributed by atoms with Gasteiger partial charge in [0, 0.05) is 10.0 Å². The highest BCUT2D eigenvalue weighted by Gasteiger charge is 2.16. The summed E-state index contributed by atoms with van der Waals surface area (Å²) in [7, 11) is -1.55. The summed E-state index contributed by atoms with van der Waals surface area (Å²) in [4.78, 5) is 10.5. The molecule has 0 aliphatic carbocycles. The van der Waals surface area contributed by atoms with Crippen molar-refractivity contribution in [1.82, 2.24) is 0 Å². The highest BCUT2D eigenvalue weighted by Crippen LogP contribution is 2.15. The number of carbonyl (C=O) groups is 1. The minimum atomic E-state index is -1.55. The molecule has 0 heterocycles. The zero-order chi connectivity index (χ0) is 10.0. The van der Waals surface area contributed by atoms with Gasteiger partial charge in [-0.2, -0.15) is 0 Å². The van der Waals surface area contributed by atoms with Crippen LogP contribution in [0.25, 0.3) is 0 Å². The lowest BCUT2D eigenvalue weighted by atomic mass is 9.76. The Labute approximate surface area is 84.7 Å². The van der Waals surface area contributed by atoms with Gasteiger partial charge in [0.15, 0.2) is 0 Å². The topological polar surface area (TPSA) is 57.5 Å². The van der Waals surface area contributed by atoms with E-state index in [-0.39, 0.29) is 0 Å². The number of aldehydes is 1. The second kappa shape index (κ2) is 4.04. The second-order valence-corrected chi connectivity index (χ2v) is 3.56. The maximum Gasteiger partial charge on any atom is 0.488 e. The minimum Gasteiger partial charge on any atom is -0.423 e. The van der Waals surface area contributed by atoms with Gasteiger partial charge in [0.25, 0.3) is 0 Å². The maximum atomic E-state index is 10.5. The average molecular weight is 243 g/mol. The third-order valence-electron chi connectivity index (χ3n) is 1.82. The molecule has 3 nitrogen and oxygen atoms in total. The van der Waals surface area contributed by atoms with Crippen molar-refractivity contribution in [3.05, 3.63) is 27.7 Å². The van der Waals surface area contributed by atoms with E-state index in [1.807, 2.05) is 0 Å². The first kappa shape index (κ1) is 10.4. The molecule has 0 saturated carbocycles. The van der Waals surface area contributed by atoms with E-state index in [1.165, 1.54) is 6.07 Å². The van der Waals surface area contributed by atoms with E-state index in [4.69, 9.17) is 10.0 Å². The molecule has 0 atom stereocenters. The molecule has 0 amide bonds. The van der Waals surface area contributed by atoms with Crippen molar-refractivity contribution in [3.63, 3.8) is 0 Å². The highest BCUT2D eigenvalue weighted by molar-refractivity contribution is 9.10. The van der Waals surface area contributed by atoms with Gasteiger partial charge in [-0.05, 0) is 24.0 Å². The molecule has 1 aromatic carbocycles. The summed E-state index contributed by atoms with van der Waals surface area (Å²) < 4.78 is 0.695. The van der Waals surface area contributed by atoms with Gasteiger partial charge in [0.1, 0.15) is 6.29 Å². The van der Waals surface area contributed by atoms with Gasteiger partial charge in [0.2, 0.25) is 0 Å². The van der Waals surface area contributed by atoms with Crippen molar-refractivity contribution in [2.45, 2.75) is 6.92 Å². The molecule has 5 heteroatoms. The van der Waals surface area contributed by atoms with E-state index in [0.717, 1.165) is 5.56 Å². The Kier molecular flexibility index (Phi) is 3.25. The van der Waals surface area contributed by atoms with E-state index >= 15 is 0 Å². The molecule has 68 valence electrons. The Balaban J connectivity index is 3.32. The number of hydrogen-bond donors (Lipinski definition) is 2. The highest BCUT2D eigenvalue weighted by atomic mass is 79.9. The molecule has 0 saturated heterocycles. The monoisotopic (exact) mass is 242 g/mol. The fourth-order valence-corrected chi connectivity index (χ4v) is 1.55. The predicted octanol–water partition coefficient (Wildman–Crippen LogP) is 0.250. The van der Waals surface area contributed by atoms with E-state index in [0.29, 0.717) is 21.8 Å². The van der Waals surface area contributed by atoms with Crippen molar-refractivity contribution < 1.29 is 14.8 Å². The summed E-state index contributed by atoms with van der Waals surface area (Å²) in [5.74, 6) is 0. The van der Waals surface area contributed by atoms with Gasteiger partial charge in [0.05, 0.1) is 0 Å². The van der Waals surface area contributed by atoms with Crippen LogP contribution in [-0.2, 0) is 0 Å². The number of benzene rings is 1. The molecule has 0 radical (unpaired) electrons. The van der Waals surface area contributed by atoms with Gasteiger partial charge in [-0.1, -0.05) is 22.0 Å². The first-order chi connectivity index (χ1) is 6.06. The van der Waals surface area contributed by atoms with Crippen LogP contribution >= 0.6 is 15.9 Å². The molecule has 1 aromatic rings. The molecule has 1 rings (SSSR count). The first-order valence-corrected chi connectivity index (χ1v) is 4.47. The van der Waals surface area contributed by atoms with Gasteiger partial charge in [-0.3, -0.25) is 4.79 Å². The Bertz CT molecular complexity index is 338. The zero-order valence-electron chi connectivity index (χ0n) is 6.99. The Hall–Kier alpha value is -0.645. The van der Waals surface area contributed by atoms with Crippen molar-refractivity contribution in [1.29, 1.82) is 0 Å². The van der Waals surface area contributed by atoms with E-state index in [1.54, 1.807) is 13.0 Å². The largest absolute Gasteiger partial charge is 0.488 e. The third-order valence-corrected chi connectivity index (χ3v) is 2.64. The van der Waals surface area contributed by atoms with Crippen LogP contribution in [0.15, 0.2) is 16.6 Å². The van der Waals surface area contributed by atoms with Gasteiger partial charge < -0.3 is 10.0 Å². The molecule has 0 aliphatic rings. The molecule has 0 fully saturated rings. The summed E-state index contributed by atoms with van der Waals surface area (Å²) in [6.07, 6.45) is 0.663. The lowest BCUT2D eigenvalue weighted by Gasteiger charge is -2.07. The fraction of sp³-hybridized carbons (Fsp3) is 0.125. The average Bonchev–Trinajstić information content (AvgIpc) is 2.09. The van der Waals surface area contributed by atoms with Crippen LogP contribution in [0.3, 0.4) is 0 Å². The van der Waals surface area contributed by atoms with Gasteiger partial charge in [-0.25, -0.2) is 0 Å². The van der Waals surface area contributed by atoms with E-state index < -0.39 is 7.12 Å². The Morgan fingerprint density at radius 3 is 2.54 bits per heavy atom. The number of hydrogen-bond acceptors (Lipinski definition) is 3. The minimum absolute atomic E-state index is 0.344. The lowest BCUT2D eigenvalue weighted by Crippen LogP contribution is -2.32. The standard InChI is InChI=1S/C8H8BBrO3/c1-5-7(9(12)13)2-6(4-11)3-8(5)10/h2-4,12-13H,1H3. The maximum absolute atomic E-state index is 10.5. The van der Waals surface area contributed by atoms with Crippen LogP contribution in [0, 0.1) is 6.92 Å². The summed E-state index contributed by atoms with van der Waals surface area (Å²) in [5.41, 5.74) is 1.48. The van der Waals surface area contributed by atoms with Crippen LogP contribution in [-0.4, -0.2) is 23.5 Å². The Morgan fingerprint density at radius 1 is 1.46 bits per heavy atom. The van der Waals surface area contributed by atoms with Crippen LogP contribution in [0.1, 0.15) is 15.9 Å². The van der Waals surface area contributed by atoms with Crippen molar-refractivity contribution in [2.24, 2.45) is 0 Å². The molecule has 0 unspecified atom stereocenters. The summed E-state index contributed by atoms with van der Waals surface area (Å²) >= 11 is 3.22. The van der Waals surface area contributed by atoms with Crippen molar-refractivity contribution in [2.75, 3.05) is 0 Å². The second-order valence-electron chi connectivity index (χ2n) is 2.71. The molecule has 13 heavy (non-hydrogen) atoms. The van der Waals surface area contributed by atoms with Crippen molar-refractivity contribution >= 4 is 34.8 Å². The van der Waals surface area contributed by atoms with Crippen LogP contribution in [0.4, 0.5) is 0 Å². The SMILES string of the molecule is Cc1c(Br)cc(C=O)cc1B(O)O. The van der Waals surface area contributed by atoms with E-state index in [2.05, 4.69) is 15.9 Å². The number of rotatable bonds is 2. The summed E-state index contributed by atoms with van der Waals surface area (Å²) in [6.45, 7) is 1.74. The quantitative estimate of drug-likeness (QED) is 0.578. The number of carbonyl (C=O) groups excluding carboxylic acids is 1. The van der Waals surface area contributed by atoms with Crippen LogP contribution in [0.5, 0.6) is 0 Å². The normalized spacial score (nSPS) is 9.85. The summed E-state index contributed by atoms with van der Waals surface area (Å²) in [6, 6.07) is 3.09. The smallest absolute Gasteiger partial charge is 0.423 e. The molecular weight excluding hydrogens is 235 g/mol. The Morgan fingerprint density at radius 2 is 2.08 bits per heavy atom. The molecule has 2 N–H and O–H groups in total. The van der Waals surface area contributed by atoms with Crippen LogP contribution < -0.4 is 5.46 Å². The third kappa shape index (κ3) is 2.18. The molecular formula is C8H8BBrO3. The summed E-state index contributed by atoms with van der Waals surface area (Å²) in [5, 5.41) is 17.9. The fourth-order valence-electron chi connectivity index (χ4n) is 1.06. The first-order valence-electron chi connectivity index (χ1n) is 3.67. The van der Waals surface area contributed by atoms with Gasteiger partial charge in [-0.15, -0.1) is 0 Å². The van der Waals surface area contributed by atoms with Crippen LogP contribution in [0.2, 0.25) is 0 Å². The molecule has 0 aromatic heterocycles. The lowest BCUT2D eigenvalue weighted by molar-refractivity contribution is 0.112. The van der Waals surface area contributed by atoms with Crippen molar-refractivity contribution in [3.8, 4) is 0 Å². The van der Waals surface area contributed by atoms with E-state index in [9.17, 15) is 4.79 Å². The van der Waals surface area contributed by atoms with Gasteiger partial charge >= 0.3 is 7.12 Å². The predicted molar refractivity (Wildman–Crippen MR) is 54.1 cm³/mol. The molecule has 0 aliphatic heterocycles. The number of halogens is 1. The molecule has 0 spiro atoms.